The van der Waals surface area contributed by atoms with Crippen molar-refractivity contribution in [1.82, 2.24) is 0 Å². The molecule has 2 aromatic carbocycles. The predicted octanol–water partition coefficient (Wildman–Crippen LogP) is 5.08. The molecule has 0 amide bonds. The number of ketones is 1. The number of Topliss-reactive ketones (excluding diaryl/α,β-unsaturated/α-hetero) is 1. The lowest BCUT2D eigenvalue weighted by molar-refractivity contribution is -0.384. The highest BCUT2D eigenvalue weighted by molar-refractivity contribution is 6.05. The second-order valence-electron chi connectivity index (χ2n) is 8.90. The quantitative estimate of drug-likeness (QED) is 0.381. The van der Waals surface area contributed by atoms with Gasteiger partial charge in [0.25, 0.3) is 5.69 Å². The number of hydrogen-bond donors (Lipinski definition) is 0. The average Bonchev–Trinajstić information content (AvgIpc) is 3.07. The molecule has 4 rings (SSSR count). The highest BCUT2D eigenvalue weighted by Gasteiger charge is 2.64. The molecule has 2 aliphatic rings. The lowest BCUT2D eigenvalue weighted by Gasteiger charge is -2.31. The van der Waals surface area contributed by atoms with E-state index in [1.807, 2.05) is 25.1 Å². The summed E-state index contributed by atoms with van der Waals surface area (Å²) in [7, 11) is 0. The fraction of sp³-hybridized carbons (Fsp3) is 0.333. The molecule has 2 aromatic rings. The summed E-state index contributed by atoms with van der Waals surface area (Å²) in [5.74, 6) is -0.480. The second kappa shape index (κ2) is 7.34. The Balaban J connectivity index is 1.67. The summed E-state index contributed by atoms with van der Waals surface area (Å²) in [5, 5.41) is 12.2. The number of rotatable bonds is 5. The van der Waals surface area contributed by atoms with Crippen LogP contribution < -0.4 is 5.06 Å². The van der Waals surface area contributed by atoms with Crippen molar-refractivity contribution in [3.8, 4) is 0 Å². The molecule has 7 heteroatoms. The van der Waals surface area contributed by atoms with Crippen LogP contribution in [0.1, 0.15) is 44.0 Å². The number of carbonyl (C=O) groups is 2. The van der Waals surface area contributed by atoms with Crippen LogP contribution >= 0.6 is 0 Å². The molecule has 0 N–H and O–H groups in total. The molecule has 7 nitrogen and oxygen atoms in total. The zero-order valence-electron chi connectivity index (χ0n) is 17.7. The minimum atomic E-state index is -0.670. The normalized spacial score (nSPS) is 24.9. The van der Waals surface area contributed by atoms with Gasteiger partial charge >= 0.3 is 5.97 Å². The van der Waals surface area contributed by atoms with Crippen LogP contribution in [0.5, 0.6) is 0 Å². The SMILES string of the molecule is CC1(C)[C@H]2CC[C@@]1(C)C(=O)/C2=C\N(OC(=O)c1ccc([N+](=O)[O-])cc1)c1ccccc1. The Bertz CT molecular complexity index is 1070. The van der Waals surface area contributed by atoms with Gasteiger partial charge in [-0.05, 0) is 48.4 Å². The van der Waals surface area contributed by atoms with Crippen molar-refractivity contribution in [3.05, 3.63) is 82.0 Å². The van der Waals surface area contributed by atoms with Crippen molar-refractivity contribution in [2.45, 2.75) is 33.6 Å². The van der Waals surface area contributed by atoms with Crippen LogP contribution in [0.2, 0.25) is 0 Å². The summed E-state index contributed by atoms with van der Waals surface area (Å²) in [4.78, 5) is 42.0. The van der Waals surface area contributed by atoms with Gasteiger partial charge in [0.15, 0.2) is 5.78 Å². The van der Waals surface area contributed by atoms with E-state index in [1.54, 1.807) is 18.3 Å². The van der Waals surface area contributed by atoms with Crippen LogP contribution in [-0.2, 0) is 9.63 Å². The molecule has 0 aliphatic heterocycles. The number of benzene rings is 2. The van der Waals surface area contributed by atoms with Crippen molar-refractivity contribution >= 4 is 23.1 Å². The Morgan fingerprint density at radius 1 is 1.13 bits per heavy atom. The number of fused-ring (bicyclic) bond motifs is 2. The van der Waals surface area contributed by atoms with E-state index in [9.17, 15) is 19.7 Å². The third-order valence-electron chi connectivity index (χ3n) is 7.13. The van der Waals surface area contributed by atoms with Crippen LogP contribution in [0.4, 0.5) is 11.4 Å². The first-order chi connectivity index (χ1) is 14.6. The number of nitro groups is 1. The third kappa shape index (κ3) is 3.30. The monoisotopic (exact) mass is 420 g/mol. The van der Waals surface area contributed by atoms with Gasteiger partial charge in [0, 0.05) is 23.1 Å². The maximum absolute atomic E-state index is 13.2. The molecule has 2 bridgehead atoms. The Morgan fingerprint density at radius 2 is 1.77 bits per heavy atom. The fourth-order valence-corrected chi connectivity index (χ4v) is 4.79. The Hall–Kier alpha value is -3.48. The molecule has 2 saturated carbocycles. The molecule has 2 aliphatic carbocycles. The van der Waals surface area contributed by atoms with Crippen LogP contribution in [-0.4, -0.2) is 16.7 Å². The topological polar surface area (TPSA) is 89.8 Å². The minimum Gasteiger partial charge on any atom is -0.331 e. The molecular formula is C24H24N2O5. The maximum Gasteiger partial charge on any atom is 0.363 e. The molecular weight excluding hydrogens is 396 g/mol. The van der Waals surface area contributed by atoms with E-state index in [2.05, 4.69) is 13.8 Å². The van der Waals surface area contributed by atoms with Crippen molar-refractivity contribution in [3.63, 3.8) is 0 Å². The van der Waals surface area contributed by atoms with E-state index in [1.165, 1.54) is 29.3 Å². The molecule has 0 saturated heterocycles. The molecule has 0 spiro atoms. The molecule has 0 aromatic heterocycles. The lowest BCUT2D eigenvalue weighted by atomic mass is 9.70. The smallest absolute Gasteiger partial charge is 0.331 e. The summed E-state index contributed by atoms with van der Waals surface area (Å²) in [6.45, 7) is 6.27. The van der Waals surface area contributed by atoms with E-state index < -0.39 is 16.3 Å². The van der Waals surface area contributed by atoms with Gasteiger partial charge in [-0.25, -0.2) is 4.79 Å². The maximum atomic E-state index is 13.2. The molecule has 31 heavy (non-hydrogen) atoms. The zero-order valence-corrected chi connectivity index (χ0v) is 17.7. The van der Waals surface area contributed by atoms with Gasteiger partial charge in [-0.15, -0.1) is 0 Å². The van der Waals surface area contributed by atoms with Crippen LogP contribution in [0, 0.1) is 26.9 Å². The lowest BCUT2D eigenvalue weighted by Crippen LogP contribution is -2.32. The Kier molecular flexibility index (Phi) is 4.92. The summed E-state index contributed by atoms with van der Waals surface area (Å²) in [6.07, 6.45) is 3.41. The number of para-hydroxylation sites is 1. The van der Waals surface area contributed by atoms with Gasteiger partial charge in [-0.3, -0.25) is 14.9 Å². The highest BCUT2D eigenvalue weighted by Crippen LogP contribution is 2.65. The minimum absolute atomic E-state index is 0.0919. The van der Waals surface area contributed by atoms with E-state index >= 15 is 0 Å². The van der Waals surface area contributed by atoms with Gasteiger partial charge in [0.05, 0.1) is 22.4 Å². The largest absolute Gasteiger partial charge is 0.363 e. The number of nitro benzene ring substituents is 1. The van der Waals surface area contributed by atoms with Crippen molar-refractivity contribution in [2.75, 3.05) is 5.06 Å². The van der Waals surface area contributed by atoms with Gasteiger partial charge < -0.3 is 4.84 Å². The second-order valence-corrected chi connectivity index (χ2v) is 8.90. The van der Waals surface area contributed by atoms with Crippen LogP contribution in [0.15, 0.2) is 66.4 Å². The summed E-state index contributed by atoms with van der Waals surface area (Å²) < 4.78 is 0. The standard InChI is InChI=1S/C24H24N2O5/c1-23(2)20-13-14-24(23,3)21(27)19(20)15-25(17-7-5-4-6-8-17)31-22(28)16-9-11-18(12-10-16)26(29)30/h4-12,15,20H,13-14H2,1-3H3/b19-15-/t20-,24-/m0/s1. The fourth-order valence-electron chi connectivity index (χ4n) is 4.79. The molecule has 0 unspecified atom stereocenters. The molecule has 2 fully saturated rings. The summed E-state index contributed by atoms with van der Waals surface area (Å²) in [6, 6.07) is 14.3. The molecule has 160 valence electrons. The van der Waals surface area contributed by atoms with Crippen LogP contribution in [0.3, 0.4) is 0 Å². The van der Waals surface area contributed by atoms with E-state index in [0.29, 0.717) is 11.3 Å². The number of anilines is 1. The van der Waals surface area contributed by atoms with Crippen molar-refractivity contribution in [2.24, 2.45) is 16.7 Å². The zero-order chi connectivity index (χ0) is 22.4. The number of nitrogens with zero attached hydrogens (tertiary/aromatic N) is 2. The molecule has 2 atom stereocenters. The first-order valence-electron chi connectivity index (χ1n) is 10.2. The third-order valence-corrected chi connectivity index (χ3v) is 7.13. The number of allylic oxidation sites excluding steroid dienone is 1. The number of hydroxylamine groups is 1. The Labute approximate surface area is 180 Å². The predicted molar refractivity (Wildman–Crippen MR) is 115 cm³/mol. The van der Waals surface area contributed by atoms with Gasteiger partial charge in [-0.2, -0.15) is 5.06 Å². The van der Waals surface area contributed by atoms with Gasteiger partial charge in [0.1, 0.15) is 0 Å². The first-order valence-corrected chi connectivity index (χ1v) is 10.2. The van der Waals surface area contributed by atoms with Crippen LogP contribution in [0.25, 0.3) is 0 Å². The molecule has 0 radical (unpaired) electrons. The number of hydrogen-bond acceptors (Lipinski definition) is 6. The van der Waals surface area contributed by atoms with E-state index in [0.717, 1.165) is 12.8 Å². The number of non-ortho nitro benzene ring substituents is 1. The average molecular weight is 420 g/mol. The summed E-state index contributed by atoms with van der Waals surface area (Å²) >= 11 is 0. The van der Waals surface area contributed by atoms with E-state index in [-0.39, 0.29) is 28.4 Å². The number of carbonyl (C=O) groups excluding carboxylic acids is 2. The summed E-state index contributed by atoms with van der Waals surface area (Å²) in [5.41, 5.74) is 0.746. The van der Waals surface area contributed by atoms with Gasteiger partial charge in [-0.1, -0.05) is 39.0 Å². The first kappa shape index (κ1) is 20.8. The van der Waals surface area contributed by atoms with E-state index in [4.69, 9.17) is 4.84 Å². The Morgan fingerprint density at radius 3 is 2.32 bits per heavy atom. The van der Waals surface area contributed by atoms with Crippen molar-refractivity contribution < 1.29 is 19.3 Å². The highest BCUT2D eigenvalue weighted by atomic mass is 16.7. The van der Waals surface area contributed by atoms with Gasteiger partial charge in [0.2, 0.25) is 0 Å². The molecule has 0 heterocycles. The van der Waals surface area contributed by atoms with Crippen molar-refractivity contribution in [1.29, 1.82) is 0 Å².